The third-order valence-electron chi connectivity index (χ3n) is 1.89. The highest BCUT2D eigenvalue weighted by atomic mass is 16.3. The molecule has 0 aromatic heterocycles. The molecule has 1 unspecified atom stereocenters. The molecule has 0 aliphatic heterocycles. The summed E-state index contributed by atoms with van der Waals surface area (Å²) in [5.41, 5.74) is 0. The summed E-state index contributed by atoms with van der Waals surface area (Å²) in [6.45, 7) is 0. The topological polar surface area (TPSA) is 29.4 Å². The molecule has 1 aliphatic carbocycles. The lowest BCUT2D eigenvalue weighted by molar-refractivity contribution is 0.543. The van der Waals surface area contributed by atoms with Gasteiger partial charge in [-0.1, -0.05) is 17.3 Å². The summed E-state index contributed by atoms with van der Waals surface area (Å²) < 4.78 is 0. The van der Waals surface area contributed by atoms with Crippen LogP contribution in [-0.2, 0) is 0 Å². The van der Waals surface area contributed by atoms with Gasteiger partial charge in [-0.2, -0.15) is 4.91 Å². The van der Waals surface area contributed by atoms with E-state index >= 15 is 0 Å². The maximum absolute atomic E-state index is 10.2. The van der Waals surface area contributed by atoms with Crippen LogP contribution < -0.4 is 0 Å². The van der Waals surface area contributed by atoms with Gasteiger partial charge in [-0.05, 0) is 32.1 Å². The first-order valence-electron chi connectivity index (χ1n) is 3.91. The minimum Gasteiger partial charge on any atom is -0.151 e. The van der Waals surface area contributed by atoms with E-state index in [1.807, 2.05) is 0 Å². The van der Waals surface area contributed by atoms with Crippen molar-refractivity contribution < 1.29 is 0 Å². The summed E-state index contributed by atoms with van der Waals surface area (Å²) >= 11 is 0. The van der Waals surface area contributed by atoms with Crippen LogP contribution in [-0.4, -0.2) is 6.04 Å². The van der Waals surface area contributed by atoms with Crippen molar-refractivity contribution in [2.75, 3.05) is 0 Å². The molecule has 1 atom stereocenters. The average Bonchev–Trinajstić information content (AvgIpc) is 1.87. The highest BCUT2D eigenvalue weighted by Crippen LogP contribution is 2.14. The first-order valence-corrected chi connectivity index (χ1v) is 3.91. The minimum absolute atomic E-state index is 0.0879. The second-order valence-electron chi connectivity index (χ2n) is 2.74. The van der Waals surface area contributed by atoms with Crippen molar-refractivity contribution in [3.05, 3.63) is 17.1 Å². The Morgan fingerprint density at radius 2 is 2.00 bits per heavy atom. The predicted molar refractivity (Wildman–Crippen MR) is 41.8 cm³/mol. The first kappa shape index (κ1) is 7.45. The molecule has 1 aliphatic rings. The van der Waals surface area contributed by atoms with Crippen LogP contribution in [0.2, 0.25) is 0 Å². The summed E-state index contributed by atoms with van der Waals surface area (Å²) in [6, 6.07) is 0.0879. The zero-order valence-corrected chi connectivity index (χ0v) is 6.12. The van der Waals surface area contributed by atoms with E-state index < -0.39 is 0 Å². The van der Waals surface area contributed by atoms with Gasteiger partial charge in [0.15, 0.2) is 0 Å². The molecular formula is C8H13NO. The Morgan fingerprint density at radius 3 is 2.80 bits per heavy atom. The second-order valence-corrected chi connectivity index (χ2v) is 2.74. The third-order valence-corrected chi connectivity index (χ3v) is 1.89. The summed E-state index contributed by atoms with van der Waals surface area (Å²) in [5, 5.41) is 3.07. The van der Waals surface area contributed by atoms with Crippen LogP contribution in [0.25, 0.3) is 0 Å². The zero-order valence-electron chi connectivity index (χ0n) is 6.12. The van der Waals surface area contributed by atoms with Crippen molar-refractivity contribution in [3.63, 3.8) is 0 Å². The molecule has 0 fully saturated rings. The molecule has 56 valence electrons. The van der Waals surface area contributed by atoms with Gasteiger partial charge in [0.2, 0.25) is 0 Å². The maximum Gasteiger partial charge on any atom is 0.0922 e. The number of allylic oxidation sites excluding steroid dienone is 2. The van der Waals surface area contributed by atoms with E-state index in [1.54, 1.807) is 0 Å². The summed E-state index contributed by atoms with van der Waals surface area (Å²) in [4.78, 5) is 10.2. The van der Waals surface area contributed by atoms with Crippen molar-refractivity contribution in [2.24, 2.45) is 5.18 Å². The van der Waals surface area contributed by atoms with Gasteiger partial charge in [0.25, 0.3) is 0 Å². The Hall–Kier alpha value is -0.660. The Labute approximate surface area is 61.3 Å². The highest BCUT2D eigenvalue weighted by molar-refractivity contribution is 4.86. The standard InChI is InChI=1S/C8H13NO/c10-9-8-6-4-2-1-3-5-7-8/h1-2,8H,3-7H2/b2-1+. The van der Waals surface area contributed by atoms with Gasteiger partial charge in [0.05, 0.1) is 6.04 Å². The Kier molecular flexibility index (Phi) is 3.13. The molecule has 0 spiro atoms. The zero-order chi connectivity index (χ0) is 7.23. The van der Waals surface area contributed by atoms with Crippen molar-refractivity contribution in [1.29, 1.82) is 0 Å². The van der Waals surface area contributed by atoms with Crippen LogP contribution in [0.1, 0.15) is 32.1 Å². The largest absolute Gasteiger partial charge is 0.151 e. The third kappa shape index (κ3) is 2.29. The van der Waals surface area contributed by atoms with Crippen molar-refractivity contribution in [1.82, 2.24) is 0 Å². The molecule has 0 heterocycles. The fraction of sp³-hybridized carbons (Fsp3) is 0.750. The van der Waals surface area contributed by atoms with Crippen LogP contribution >= 0.6 is 0 Å². The molecule has 2 nitrogen and oxygen atoms in total. The molecule has 0 amide bonds. The van der Waals surface area contributed by atoms with Gasteiger partial charge in [0, 0.05) is 0 Å². The summed E-state index contributed by atoms with van der Waals surface area (Å²) in [5.74, 6) is 0. The number of nitroso groups, excluding NO2 is 1. The van der Waals surface area contributed by atoms with E-state index in [9.17, 15) is 4.91 Å². The summed E-state index contributed by atoms with van der Waals surface area (Å²) in [6.07, 6.45) is 9.53. The van der Waals surface area contributed by atoms with Gasteiger partial charge in [0.1, 0.15) is 0 Å². The van der Waals surface area contributed by atoms with E-state index in [1.165, 1.54) is 0 Å². The molecule has 0 saturated heterocycles. The predicted octanol–water partition coefficient (Wildman–Crippen LogP) is 2.64. The van der Waals surface area contributed by atoms with Crippen molar-refractivity contribution >= 4 is 0 Å². The maximum atomic E-state index is 10.2. The van der Waals surface area contributed by atoms with Gasteiger partial charge < -0.3 is 0 Å². The first-order chi connectivity index (χ1) is 4.93. The van der Waals surface area contributed by atoms with Gasteiger partial charge in [-0.15, -0.1) is 0 Å². The van der Waals surface area contributed by atoms with Gasteiger partial charge >= 0.3 is 0 Å². The Bertz CT molecular complexity index is 131. The highest BCUT2D eigenvalue weighted by Gasteiger charge is 2.07. The normalized spacial score (nSPS) is 30.2. The molecule has 0 aromatic rings. The van der Waals surface area contributed by atoms with Crippen LogP contribution in [0, 0.1) is 4.91 Å². The number of hydrogen-bond acceptors (Lipinski definition) is 2. The lowest BCUT2D eigenvalue weighted by Gasteiger charge is -2.08. The van der Waals surface area contributed by atoms with Crippen molar-refractivity contribution in [2.45, 2.75) is 38.1 Å². The molecular weight excluding hydrogens is 126 g/mol. The fourth-order valence-corrected chi connectivity index (χ4v) is 1.25. The minimum atomic E-state index is 0.0879. The molecule has 0 aromatic carbocycles. The molecule has 0 saturated carbocycles. The number of nitrogens with zero attached hydrogens (tertiary/aromatic N) is 1. The quantitative estimate of drug-likeness (QED) is 0.405. The SMILES string of the molecule is O=NC1CC/C=C/CCC1. The monoisotopic (exact) mass is 139 g/mol. The van der Waals surface area contributed by atoms with E-state index in [4.69, 9.17) is 0 Å². The molecule has 10 heavy (non-hydrogen) atoms. The lowest BCUT2D eigenvalue weighted by atomic mass is 10.0. The fourth-order valence-electron chi connectivity index (χ4n) is 1.25. The molecule has 0 N–H and O–H groups in total. The smallest absolute Gasteiger partial charge is 0.0922 e. The van der Waals surface area contributed by atoms with Gasteiger partial charge in [-0.25, -0.2) is 0 Å². The summed E-state index contributed by atoms with van der Waals surface area (Å²) in [7, 11) is 0. The Morgan fingerprint density at radius 1 is 1.20 bits per heavy atom. The van der Waals surface area contributed by atoms with Crippen LogP contribution in [0.15, 0.2) is 17.3 Å². The van der Waals surface area contributed by atoms with Crippen LogP contribution in [0.3, 0.4) is 0 Å². The van der Waals surface area contributed by atoms with Crippen LogP contribution in [0.5, 0.6) is 0 Å². The molecule has 0 bridgehead atoms. The molecule has 2 heteroatoms. The lowest BCUT2D eigenvalue weighted by Crippen LogP contribution is -2.03. The van der Waals surface area contributed by atoms with E-state index in [0.717, 1.165) is 32.1 Å². The molecule has 0 radical (unpaired) electrons. The van der Waals surface area contributed by atoms with E-state index in [0.29, 0.717) is 0 Å². The Balaban J connectivity index is 2.34. The number of rotatable bonds is 1. The van der Waals surface area contributed by atoms with E-state index in [-0.39, 0.29) is 6.04 Å². The average molecular weight is 139 g/mol. The number of hydrogen-bond donors (Lipinski definition) is 0. The second kappa shape index (κ2) is 4.20. The molecule has 1 rings (SSSR count). The van der Waals surface area contributed by atoms with Crippen molar-refractivity contribution in [3.8, 4) is 0 Å². The van der Waals surface area contributed by atoms with E-state index in [2.05, 4.69) is 17.3 Å². The van der Waals surface area contributed by atoms with Crippen LogP contribution in [0.4, 0.5) is 0 Å². The van der Waals surface area contributed by atoms with Gasteiger partial charge in [-0.3, -0.25) is 0 Å².